The second-order valence-corrected chi connectivity index (χ2v) is 7.68. The SMILES string of the molecule is CC[C@@H](C(=O)NC)N(Cc1ccc(C)cc1)C(=O)CCc1cccc2ccccc12. The van der Waals surface area contributed by atoms with Crippen molar-refractivity contribution in [3.8, 4) is 0 Å². The highest BCUT2D eigenvalue weighted by molar-refractivity contribution is 5.89. The molecule has 1 atom stereocenters. The molecule has 1 N–H and O–H groups in total. The minimum atomic E-state index is -0.476. The number of nitrogens with zero attached hydrogens (tertiary/aromatic N) is 1. The fraction of sp³-hybridized carbons (Fsp3) is 0.308. The monoisotopic (exact) mass is 402 g/mol. The molecular formula is C26H30N2O2. The molecule has 0 heterocycles. The molecular weight excluding hydrogens is 372 g/mol. The van der Waals surface area contributed by atoms with Crippen LogP contribution in [0.4, 0.5) is 0 Å². The van der Waals surface area contributed by atoms with Gasteiger partial charge in [0, 0.05) is 20.0 Å². The lowest BCUT2D eigenvalue weighted by Gasteiger charge is -2.30. The predicted octanol–water partition coefficient (Wildman–Crippen LogP) is 4.63. The van der Waals surface area contributed by atoms with Crippen LogP contribution in [0.3, 0.4) is 0 Å². The fourth-order valence-electron chi connectivity index (χ4n) is 3.87. The van der Waals surface area contributed by atoms with E-state index in [1.54, 1.807) is 11.9 Å². The Morgan fingerprint density at radius 2 is 1.67 bits per heavy atom. The molecule has 0 aromatic heterocycles. The minimum Gasteiger partial charge on any atom is -0.357 e. The summed E-state index contributed by atoms with van der Waals surface area (Å²) in [7, 11) is 1.62. The van der Waals surface area contributed by atoms with Gasteiger partial charge in [-0.3, -0.25) is 9.59 Å². The van der Waals surface area contributed by atoms with Crippen LogP contribution >= 0.6 is 0 Å². The smallest absolute Gasteiger partial charge is 0.242 e. The Morgan fingerprint density at radius 3 is 2.37 bits per heavy atom. The van der Waals surface area contributed by atoms with E-state index in [0.717, 1.165) is 11.1 Å². The maximum atomic E-state index is 13.3. The third-order valence-electron chi connectivity index (χ3n) is 5.59. The molecule has 3 aromatic rings. The van der Waals surface area contributed by atoms with E-state index < -0.39 is 6.04 Å². The molecule has 0 spiro atoms. The van der Waals surface area contributed by atoms with E-state index in [1.807, 2.05) is 56.3 Å². The van der Waals surface area contributed by atoms with Gasteiger partial charge in [-0.25, -0.2) is 0 Å². The topological polar surface area (TPSA) is 49.4 Å². The number of carbonyl (C=O) groups is 2. The Balaban J connectivity index is 1.81. The molecule has 2 amide bonds. The number of amides is 2. The molecule has 0 unspecified atom stereocenters. The van der Waals surface area contributed by atoms with E-state index in [4.69, 9.17) is 0 Å². The molecule has 3 rings (SSSR count). The van der Waals surface area contributed by atoms with E-state index in [-0.39, 0.29) is 11.8 Å². The molecule has 3 aromatic carbocycles. The maximum Gasteiger partial charge on any atom is 0.242 e. The maximum absolute atomic E-state index is 13.3. The average molecular weight is 403 g/mol. The van der Waals surface area contributed by atoms with Crippen molar-refractivity contribution in [2.24, 2.45) is 0 Å². The number of hydrogen-bond acceptors (Lipinski definition) is 2. The van der Waals surface area contributed by atoms with Crippen LogP contribution in [0.5, 0.6) is 0 Å². The van der Waals surface area contributed by atoms with Gasteiger partial charge >= 0.3 is 0 Å². The van der Waals surface area contributed by atoms with Gasteiger partial charge in [-0.1, -0.05) is 79.2 Å². The third-order valence-corrected chi connectivity index (χ3v) is 5.59. The third kappa shape index (κ3) is 5.07. The molecule has 30 heavy (non-hydrogen) atoms. The summed E-state index contributed by atoms with van der Waals surface area (Å²) in [6, 6.07) is 22.1. The zero-order valence-electron chi connectivity index (χ0n) is 18.0. The highest BCUT2D eigenvalue weighted by atomic mass is 16.2. The van der Waals surface area contributed by atoms with Crippen LogP contribution in [-0.2, 0) is 22.6 Å². The summed E-state index contributed by atoms with van der Waals surface area (Å²) < 4.78 is 0. The number of hydrogen-bond donors (Lipinski definition) is 1. The Kier molecular flexibility index (Phi) is 7.23. The second-order valence-electron chi connectivity index (χ2n) is 7.68. The molecule has 0 saturated heterocycles. The average Bonchev–Trinajstić information content (AvgIpc) is 2.78. The first-order valence-corrected chi connectivity index (χ1v) is 10.6. The zero-order valence-corrected chi connectivity index (χ0v) is 18.0. The summed E-state index contributed by atoms with van der Waals surface area (Å²) in [5.41, 5.74) is 3.36. The van der Waals surface area contributed by atoms with Gasteiger partial charge < -0.3 is 10.2 Å². The zero-order chi connectivity index (χ0) is 21.5. The number of carbonyl (C=O) groups excluding carboxylic acids is 2. The van der Waals surface area contributed by atoms with E-state index in [2.05, 4.69) is 29.6 Å². The van der Waals surface area contributed by atoms with E-state index in [0.29, 0.717) is 25.8 Å². The number of likely N-dealkylation sites (N-methyl/N-ethyl adjacent to an activating group) is 1. The van der Waals surface area contributed by atoms with Crippen LogP contribution < -0.4 is 5.32 Å². The lowest BCUT2D eigenvalue weighted by Crippen LogP contribution is -2.48. The standard InChI is InChI=1S/C26H30N2O2/c1-4-24(26(30)27-3)28(18-20-14-12-19(2)13-15-20)25(29)17-16-22-10-7-9-21-8-5-6-11-23(21)22/h5-15,24H,4,16-18H2,1-3H3,(H,27,30)/t24-/m0/s1. The number of nitrogens with one attached hydrogen (secondary N) is 1. The van der Waals surface area contributed by atoms with Crippen molar-refractivity contribution in [1.82, 2.24) is 10.2 Å². The van der Waals surface area contributed by atoms with Gasteiger partial charge in [-0.2, -0.15) is 0 Å². The van der Waals surface area contributed by atoms with Crippen LogP contribution in [0, 0.1) is 6.92 Å². The first kappa shape index (κ1) is 21.6. The van der Waals surface area contributed by atoms with Crippen LogP contribution in [0.2, 0.25) is 0 Å². The van der Waals surface area contributed by atoms with Crippen molar-refractivity contribution >= 4 is 22.6 Å². The van der Waals surface area contributed by atoms with E-state index >= 15 is 0 Å². The molecule has 0 saturated carbocycles. The molecule has 0 bridgehead atoms. The van der Waals surface area contributed by atoms with Crippen LogP contribution in [0.1, 0.15) is 36.5 Å². The highest BCUT2D eigenvalue weighted by Crippen LogP contribution is 2.21. The Morgan fingerprint density at radius 1 is 0.967 bits per heavy atom. The molecule has 0 aliphatic heterocycles. The summed E-state index contributed by atoms with van der Waals surface area (Å²) in [6.45, 7) is 4.41. The Bertz CT molecular complexity index is 1010. The van der Waals surface area contributed by atoms with Gasteiger partial charge in [0.2, 0.25) is 11.8 Å². The summed E-state index contributed by atoms with van der Waals surface area (Å²) in [5.74, 6) is -0.123. The number of rotatable bonds is 8. The van der Waals surface area contributed by atoms with Crippen molar-refractivity contribution in [3.63, 3.8) is 0 Å². The number of benzene rings is 3. The van der Waals surface area contributed by atoms with Crippen LogP contribution in [0.15, 0.2) is 66.7 Å². The number of aryl methyl sites for hydroxylation is 2. The molecule has 0 aliphatic carbocycles. The summed E-state index contributed by atoms with van der Waals surface area (Å²) in [4.78, 5) is 27.5. The fourth-order valence-corrected chi connectivity index (χ4v) is 3.87. The second kappa shape index (κ2) is 10.1. The van der Waals surface area contributed by atoms with Crippen molar-refractivity contribution in [2.45, 2.75) is 45.7 Å². The molecule has 4 heteroatoms. The van der Waals surface area contributed by atoms with Gasteiger partial charge in [0.25, 0.3) is 0 Å². The quantitative estimate of drug-likeness (QED) is 0.597. The minimum absolute atomic E-state index is 0.000964. The van der Waals surface area contributed by atoms with Crippen molar-refractivity contribution < 1.29 is 9.59 Å². The Labute approximate surface area is 178 Å². The lowest BCUT2D eigenvalue weighted by molar-refractivity contribution is -0.141. The van der Waals surface area contributed by atoms with Gasteiger partial charge in [-0.15, -0.1) is 0 Å². The summed E-state index contributed by atoms with van der Waals surface area (Å²) in [5, 5.41) is 5.07. The molecule has 0 radical (unpaired) electrons. The molecule has 4 nitrogen and oxygen atoms in total. The van der Waals surface area contributed by atoms with Gasteiger partial charge in [0.15, 0.2) is 0 Å². The molecule has 0 fully saturated rings. The number of fused-ring (bicyclic) bond motifs is 1. The van der Waals surface area contributed by atoms with E-state index in [9.17, 15) is 9.59 Å². The van der Waals surface area contributed by atoms with Crippen molar-refractivity contribution in [2.75, 3.05) is 7.05 Å². The van der Waals surface area contributed by atoms with Crippen molar-refractivity contribution in [1.29, 1.82) is 0 Å². The Hall–Kier alpha value is -3.14. The van der Waals surface area contributed by atoms with Gasteiger partial charge in [0.1, 0.15) is 6.04 Å². The highest BCUT2D eigenvalue weighted by Gasteiger charge is 2.27. The summed E-state index contributed by atoms with van der Waals surface area (Å²) in [6.07, 6.45) is 1.59. The van der Waals surface area contributed by atoms with Crippen molar-refractivity contribution in [3.05, 3.63) is 83.4 Å². The van der Waals surface area contributed by atoms with E-state index in [1.165, 1.54) is 16.3 Å². The van der Waals surface area contributed by atoms with Gasteiger partial charge in [-0.05, 0) is 41.7 Å². The van der Waals surface area contributed by atoms with Gasteiger partial charge in [0.05, 0.1) is 0 Å². The van der Waals surface area contributed by atoms with Crippen LogP contribution in [-0.4, -0.2) is 29.8 Å². The largest absolute Gasteiger partial charge is 0.357 e. The van der Waals surface area contributed by atoms with Crippen LogP contribution in [0.25, 0.3) is 10.8 Å². The normalized spacial score (nSPS) is 11.8. The lowest BCUT2D eigenvalue weighted by atomic mass is 10.00. The summed E-state index contributed by atoms with van der Waals surface area (Å²) >= 11 is 0. The molecule has 0 aliphatic rings. The first-order valence-electron chi connectivity index (χ1n) is 10.6. The first-order chi connectivity index (χ1) is 14.5. The molecule has 156 valence electrons. The predicted molar refractivity (Wildman–Crippen MR) is 122 cm³/mol.